The van der Waals surface area contributed by atoms with Crippen LogP contribution in [-0.4, -0.2) is 15.6 Å². The summed E-state index contributed by atoms with van der Waals surface area (Å²) in [7, 11) is 0. The fourth-order valence-electron chi connectivity index (χ4n) is 2.08. The molecule has 1 saturated carbocycles. The lowest BCUT2D eigenvalue weighted by Crippen LogP contribution is -2.15. The Balaban J connectivity index is 1.67. The highest BCUT2D eigenvalue weighted by Gasteiger charge is 2.20. The molecule has 1 aliphatic rings. The molecule has 0 unspecified atom stereocenters. The molecule has 0 spiro atoms. The number of nitriles is 1. The number of aromatic nitrogens is 2. The van der Waals surface area contributed by atoms with Crippen molar-refractivity contribution >= 4 is 0 Å². The fourth-order valence-corrected chi connectivity index (χ4v) is 2.08. The van der Waals surface area contributed by atoms with E-state index in [1.54, 1.807) is 0 Å². The molecule has 0 saturated heterocycles. The second kappa shape index (κ2) is 5.25. The topological polar surface area (TPSA) is 53.6 Å². The molecule has 19 heavy (non-hydrogen) atoms. The van der Waals surface area contributed by atoms with Crippen molar-refractivity contribution in [3.63, 3.8) is 0 Å². The third-order valence-corrected chi connectivity index (χ3v) is 3.33. The minimum atomic E-state index is 0.695. The van der Waals surface area contributed by atoms with E-state index in [0.29, 0.717) is 12.6 Å². The number of imidazole rings is 1. The van der Waals surface area contributed by atoms with Crippen LogP contribution in [0, 0.1) is 11.3 Å². The molecule has 4 heteroatoms. The molecule has 1 N–H and O–H groups in total. The summed E-state index contributed by atoms with van der Waals surface area (Å²) in [6.07, 6.45) is 6.45. The minimum Gasteiger partial charge on any atom is -0.333 e. The van der Waals surface area contributed by atoms with Crippen molar-refractivity contribution in [3.8, 4) is 6.07 Å². The van der Waals surface area contributed by atoms with Crippen molar-refractivity contribution in [3.05, 3.63) is 53.6 Å². The van der Waals surface area contributed by atoms with Crippen LogP contribution >= 0.6 is 0 Å². The van der Waals surface area contributed by atoms with Gasteiger partial charge in [0.1, 0.15) is 0 Å². The second-order valence-corrected chi connectivity index (χ2v) is 4.96. The van der Waals surface area contributed by atoms with E-state index in [-0.39, 0.29) is 0 Å². The number of hydrogen-bond donors (Lipinski definition) is 1. The maximum atomic E-state index is 9.07. The van der Waals surface area contributed by atoms with Crippen molar-refractivity contribution in [2.24, 2.45) is 0 Å². The van der Waals surface area contributed by atoms with Crippen LogP contribution < -0.4 is 5.32 Å². The molecule has 1 aromatic carbocycles. The van der Waals surface area contributed by atoms with Crippen LogP contribution in [0.5, 0.6) is 0 Å². The lowest BCUT2D eigenvalue weighted by Gasteiger charge is -2.04. The molecule has 1 aliphatic carbocycles. The summed E-state index contributed by atoms with van der Waals surface area (Å²) in [5.41, 5.74) is 2.82. The maximum Gasteiger partial charge on any atom is 0.0995 e. The Morgan fingerprint density at radius 1 is 1.37 bits per heavy atom. The van der Waals surface area contributed by atoms with Crippen molar-refractivity contribution in [1.82, 2.24) is 14.9 Å². The Morgan fingerprint density at radius 2 is 2.21 bits per heavy atom. The van der Waals surface area contributed by atoms with Gasteiger partial charge in [0.05, 0.1) is 23.7 Å². The van der Waals surface area contributed by atoms with E-state index in [0.717, 1.165) is 23.4 Å². The molecular weight excluding hydrogens is 236 g/mol. The number of rotatable bonds is 5. The maximum absolute atomic E-state index is 9.07. The van der Waals surface area contributed by atoms with Crippen molar-refractivity contribution in [1.29, 1.82) is 5.26 Å². The zero-order valence-corrected chi connectivity index (χ0v) is 10.7. The van der Waals surface area contributed by atoms with E-state index in [4.69, 9.17) is 5.26 Å². The van der Waals surface area contributed by atoms with Gasteiger partial charge >= 0.3 is 0 Å². The zero-order valence-electron chi connectivity index (χ0n) is 10.7. The van der Waals surface area contributed by atoms with E-state index < -0.39 is 0 Å². The largest absolute Gasteiger partial charge is 0.333 e. The van der Waals surface area contributed by atoms with Gasteiger partial charge in [-0.2, -0.15) is 5.26 Å². The van der Waals surface area contributed by atoms with Gasteiger partial charge in [-0.05, 0) is 24.5 Å². The first kappa shape index (κ1) is 11.9. The number of nitrogens with zero attached hydrogens (tertiary/aromatic N) is 3. The van der Waals surface area contributed by atoms with Crippen LogP contribution in [0.3, 0.4) is 0 Å². The van der Waals surface area contributed by atoms with E-state index in [9.17, 15) is 0 Å². The van der Waals surface area contributed by atoms with E-state index in [1.807, 2.05) is 41.4 Å². The molecule has 0 amide bonds. The van der Waals surface area contributed by atoms with Crippen LogP contribution in [0.4, 0.5) is 0 Å². The number of benzene rings is 1. The summed E-state index contributed by atoms with van der Waals surface area (Å²) in [4.78, 5) is 4.39. The molecule has 0 aliphatic heterocycles. The zero-order chi connectivity index (χ0) is 13.1. The lowest BCUT2D eigenvalue weighted by molar-refractivity contribution is 0.676. The molecule has 1 heterocycles. The molecule has 3 rings (SSSR count). The van der Waals surface area contributed by atoms with E-state index >= 15 is 0 Å². The van der Waals surface area contributed by atoms with Crippen LogP contribution in [0.15, 0.2) is 36.8 Å². The monoisotopic (exact) mass is 252 g/mol. The van der Waals surface area contributed by atoms with E-state index in [2.05, 4.69) is 16.4 Å². The van der Waals surface area contributed by atoms with Crippen molar-refractivity contribution in [2.45, 2.75) is 32.0 Å². The predicted molar refractivity (Wildman–Crippen MR) is 72.3 cm³/mol. The normalized spacial score (nSPS) is 14.3. The van der Waals surface area contributed by atoms with Gasteiger partial charge in [0.15, 0.2) is 0 Å². The smallest absolute Gasteiger partial charge is 0.0995 e. The fraction of sp³-hybridized carbons (Fsp3) is 0.333. The standard InChI is InChI=1S/C15H16N4/c16-7-12-3-1-2-4-13(12)9-19-10-15(18-11-19)8-17-14-5-6-14/h1-4,10-11,14,17H,5-6,8-9H2. The second-order valence-electron chi connectivity index (χ2n) is 4.96. The summed E-state index contributed by atoms with van der Waals surface area (Å²) in [6.45, 7) is 1.53. The molecule has 0 radical (unpaired) electrons. The Hall–Kier alpha value is -2.12. The molecule has 2 aromatic rings. The van der Waals surface area contributed by atoms with Crippen LogP contribution in [0.25, 0.3) is 0 Å². The van der Waals surface area contributed by atoms with Crippen molar-refractivity contribution in [2.75, 3.05) is 0 Å². The Bertz CT molecular complexity index is 605. The Labute approximate surface area is 112 Å². The highest BCUT2D eigenvalue weighted by molar-refractivity contribution is 5.37. The van der Waals surface area contributed by atoms with Gasteiger partial charge in [0.25, 0.3) is 0 Å². The van der Waals surface area contributed by atoms with Gasteiger partial charge < -0.3 is 9.88 Å². The summed E-state index contributed by atoms with van der Waals surface area (Å²) in [5.74, 6) is 0. The summed E-state index contributed by atoms with van der Waals surface area (Å²) in [6, 6.07) is 10.6. The molecule has 0 atom stereocenters. The van der Waals surface area contributed by atoms with Crippen LogP contribution in [-0.2, 0) is 13.1 Å². The first-order valence-electron chi connectivity index (χ1n) is 6.57. The predicted octanol–water partition coefficient (Wildman–Crippen LogP) is 2.06. The van der Waals surface area contributed by atoms with E-state index in [1.165, 1.54) is 12.8 Å². The SMILES string of the molecule is N#Cc1ccccc1Cn1cnc(CNC2CC2)c1. The quantitative estimate of drug-likeness (QED) is 0.886. The number of hydrogen-bond acceptors (Lipinski definition) is 3. The summed E-state index contributed by atoms with van der Waals surface area (Å²) in [5, 5.41) is 12.5. The van der Waals surface area contributed by atoms with Gasteiger partial charge in [0, 0.05) is 25.3 Å². The summed E-state index contributed by atoms with van der Waals surface area (Å²) >= 11 is 0. The summed E-state index contributed by atoms with van der Waals surface area (Å²) < 4.78 is 2.03. The average Bonchev–Trinajstić information content (AvgIpc) is 3.17. The first-order valence-corrected chi connectivity index (χ1v) is 6.57. The number of nitrogens with one attached hydrogen (secondary N) is 1. The highest BCUT2D eigenvalue weighted by Crippen LogP contribution is 2.19. The van der Waals surface area contributed by atoms with Gasteiger partial charge in [-0.15, -0.1) is 0 Å². The van der Waals surface area contributed by atoms with Gasteiger partial charge in [-0.1, -0.05) is 18.2 Å². The lowest BCUT2D eigenvalue weighted by atomic mass is 10.1. The minimum absolute atomic E-state index is 0.695. The molecule has 1 fully saturated rings. The molecule has 4 nitrogen and oxygen atoms in total. The molecular formula is C15H16N4. The molecule has 1 aromatic heterocycles. The Kier molecular flexibility index (Phi) is 3.30. The Morgan fingerprint density at radius 3 is 3.00 bits per heavy atom. The van der Waals surface area contributed by atoms with Crippen LogP contribution in [0.1, 0.15) is 29.7 Å². The van der Waals surface area contributed by atoms with Gasteiger partial charge in [0.2, 0.25) is 0 Å². The van der Waals surface area contributed by atoms with Gasteiger partial charge in [-0.25, -0.2) is 4.98 Å². The third kappa shape index (κ3) is 3.01. The van der Waals surface area contributed by atoms with Crippen molar-refractivity contribution < 1.29 is 0 Å². The van der Waals surface area contributed by atoms with Crippen LogP contribution in [0.2, 0.25) is 0 Å². The first-order chi connectivity index (χ1) is 9.35. The highest BCUT2D eigenvalue weighted by atomic mass is 15.1. The molecule has 96 valence electrons. The average molecular weight is 252 g/mol. The third-order valence-electron chi connectivity index (χ3n) is 3.33. The van der Waals surface area contributed by atoms with Gasteiger partial charge in [-0.3, -0.25) is 0 Å². The molecule has 0 bridgehead atoms.